The second-order valence-corrected chi connectivity index (χ2v) is 5.06. The number of nitrogens with zero attached hydrogens (tertiary/aromatic N) is 1. The Morgan fingerprint density at radius 2 is 1.75 bits per heavy atom. The van der Waals surface area contributed by atoms with Gasteiger partial charge in [0.05, 0.1) is 11.3 Å². The minimum Gasteiger partial charge on any atom is -0.512 e. The third-order valence-electron chi connectivity index (χ3n) is 3.00. The van der Waals surface area contributed by atoms with E-state index in [4.69, 9.17) is 5.11 Å². The van der Waals surface area contributed by atoms with Gasteiger partial charge in [-0.1, -0.05) is 30.3 Å². The molecule has 1 heterocycles. The minimum absolute atomic E-state index is 0. The average Bonchev–Trinajstić information content (AvgIpc) is 2.54. The number of aliphatic hydroxyl groups is 1. The van der Waals surface area contributed by atoms with Crippen molar-refractivity contribution in [3.8, 4) is 11.3 Å². The van der Waals surface area contributed by atoms with E-state index in [1.54, 1.807) is 0 Å². The third-order valence-corrected chi connectivity index (χ3v) is 3.00. The number of rotatable bonds is 2. The standard InChI is InChI=1S/C15H10N.C5H8O2.Rh/c1-2-6-12(7-3-1)15-11-10-13-8-4-5-9-14(13)16-15;1-4(6)3-5(2)7;/h1-6,8-11H;3,6H,1-2H3;/q-1;;/b;4-3-;. The first kappa shape index (κ1) is 19.7. The van der Waals surface area contributed by atoms with Crippen molar-refractivity contribution in [1.29, 1.82) is 0 Å². The van der Waals surface area contributed by atoms with Crippen LogP contribution < -0.4 is 0 Å². The van der Waals surface area contributed by atoms with Gasteiger partial charge in [-0.25, -0.2) is 0 Å². The number of hydrogen-bond acceptors (Lipinski definition) is 3. The van der Waals surface area contributed by atoms with E-state index < -0.39 is 0 Å². The number of aliphatic hydroxyl groups excluding tert-OH is 1. The largest absolute Gasteiger partial charge is 0.512 e. The molecule has 2 aromatic carbocycles. The van der Waals surface area contributed by atoms with Crippen molar-refractivity contribution in [1.82, 2.24) is 4.98 Å². The molecule has 3 aromatic rings. The predicted octanol–water partition coefficient (Wildman–Crippen LogP) is 4.74. The van der Waals surface area contributed by atoms with E-state index in [1.807, 2.05) is 48.5 Å². The molecule has 24 heavy (non-hydrogen) atoms. The fourth-order valence-corrected chi connectivity index (χ4v) is 2.06. The van der Waals surface area contributed by atoms with Crippen molar-refractivity contribution < 1.29 is 29.4 Å². The van der Waals surface area contributed by atoms with Gasteiger partial charge in [0.2, 0.25) is 0 Å². The Labute approximate surface area is 154 Å². The molecule has 0 aliphatic heterocycles. The molecule has 0 aliphatic carbocycles. The summed E-state index contributed by atoms with van der Waals surface area (Å²) in [6.07, 6.45) is 1.17. The van der Waals surface area contributed by atoms with Crippen LogP contribution in [0.2, 0.25) is 0 Å². The van der Waals surface area contributed by atoms with E-state index in [2.05, 4.69) is 23.2 Å². The van der Waals surface area contributed by atoms with E-state index in [0.29, 0.717) is 0 Å². The van der Waals surface area contributed by atoms with Gasteiger partial charge in [0.1, 0.15) is 0 Å². The maximum atomic E-state index is 10.0. The fourth-order valence-electron chi connectivity index (χ4n) is 2.06. The number of benzene rings is 2. The van der Waals surface area contributed by atoms with Gasteiger partial charge >= 0.3 is 0 Å². The van der Waals surface area contributed by atoms with Crippen LogP contribution in [0.4, 0.5) is 0 Å². The molecule has 1 aromatic heterocycles. The van der Waals surface area contributed by atoms with Crippen molar-refractivity contribution in [3.63, 3.8) is 0 Å². The van der Waals surface area contributed by atoms with Gasteiger partial charge in [-0.3, -0.25) is 9.78 Å². The molecule has 0 amide bonds. The summed E-state index contributed by atoms with van der Waals surface area (Å²) in [5, 5.41) is 9.53. The molecule has 0 unspecified atom stereocenters. The third kappa shape index (κ3) is 6.06. The van der Waals surface area contributed by atoms with Gasteiger partial charge in [-0.05, 0) is 31.0 Å². The summed E-state index contributed by atoms with van der Waals surface area (Å²) in [5.74, 6) is -0.0625. The molecule has 0 saturated heterocycles. The van der Waals surface area contributed by atoms with Crippen LogP contribution in [0.5, 0.6) is 0 Å². The van der Waals surface area contributed by atoms with E-state index >= 15 is 0 Å². The molecule has 1 N–H and O–H groups in total. The van der Waals surface area contributed by atoms with Gasteiger partial charge < -0.3 is 5.11 Å². The number of fused-ring (bicyclic) bond motifs is 1. The first-order valence-corrected chi connectivity index (χ1v) is 7.27. The van der Waals surface area contributed by atoms with E-state index in [9.17, 15) is 4.79 Å². The number of ketones is 1. The second-order valence-electron chi connectivity index (χ2n) is 5.06. The summed E-state index contributed by atoms with van der Waals surface area (Å²) in [6, 6.07) is 23.4. The molecule has 0 aliphatic rings. The monoisotopic (exact) mass is 407 g/mol. The maximum Gasteiger partial charge on any atom is 0.155 e. The number of para-hydroxylation sites is 1. The summed E-state index contributed by atoms with van der Waals surface area (Å²) >= 11 is 0. The molecule has 0 bridgehead atoms. The zero-order valence-electron chi connectivity index (χ0n) is 13.5. The van der Waals surface area contributed by atoms with Crippen LogP contribution in [-0.4, -0.2) is 15.9 Å². The van der Waals surface area contributed by atoms with Crippen molar-refractivity contribution in [2.75, 3.05) is 0 Å². The Hall–Kier alpha value is -2.32. The van der Waals surface area contributed by atoms with Crippen molar-refractivity contribution in [2.45, 2.75) is 13.8 Å². The Morgan fingerprint density at radius 3 is 2.33 bits per heavy atom. The van der Waals surface area contributed by atoms with Crippen LogP contribution in [0.15, 0.2) is 72.5 Å². The zero-order chi connectivity index (χ0) is 16.7. The predicted molar refractivity (Wildman–Crippen MR) is 93.1 cm³/mol. The molecule has 4 heteroatoms. The molecule has 3 rings (SSSR count). The number of pyridine rings is 1. The zero-order valence-corrected chi connectivity index (χ0v) is 15.1. The molecule has 0 saturated carbocycles. The minimum atomic E-state index is -0.125. The Balaban J connectivity index is 0.000000312. The van der Waals surface area contributed by atoms with Crippen molar-refractivity contribution in [2.24, 2.45) is 0 Å². The number of carbonyl (C=O) groups is 1. The second kappa shape index (κ2) is 9.74. The van der Waals surface area contributed by atoms with Crippen molar-refractivity contribution in [3.05, 3.63) is 78.6 Å². The Kier molecular flexibility index (Phi) is 8.01. The SMILES string of the molecule is CC(=O)/C=C(/C)O.[Rh].[c-]1ccccc1-c1ccc2ccccc2n1. The molecule has 0 atom stereocenters. The molecule has 125 valence electrons. The molecular formula is C20H18NO2Rh-. The van der Waals surface area contributed by atoms with E-state index in [1.165, 1.54) is 25.3 Å². The Morgan fingerprint density at radius 1 is 1.04 bits per heavy atom. The van der Waals surface area contributed by atoms with Crippen LogP contribution in [0.25, 0.3) is 22.2 Å². The molecular weight excluding hydrogens is 389 g/mol. The smallest absolute Gasteiger partial charge is 0.155 e. The summed E-state index contributed by atoms with van der Waals surface area (Å²) < 4.78 is 0. The fraction of sp³-hybridized carbons (Fsp3) is 0.100. The number of hydrogen-bond donors (Lipinski definition) is 1. The summed E-state index contributed by atoms with van der Waals surface area (Å²) in [7, 11) is 0. The number of allylic oxidation sites excluding steroid dienone is 2. The van der Waals surface area contributed by atoms with E-state index in [-0.39, 0.29) is 31.0 Å². The quantitative estimate of drug-likeness (QED) is 0.289. The summed E-state index contributed by atoms with van der Waals surface area (Å²) in [5.41, 5.74) is 3.03. The van der Waals surface area contributed by atoms with Gasteiger partial charge in [-0.2, -0.15) is 0 Å². The van der Waals surface area contributed by atoms with Crippen LogP contribution in [0.1, 0.15) is 13.8 Å². The molecule has 1 radical (unpaired) electrons. The van der Waals surface area contributed by atoms with Gasteiger partial charge in [0.15, 0.2) is 5.78 Å². The Bertz CT molecular complexity index is 825. The van der Waals surface area contributed by atoms with Gasteiger partial charge in [-0.15, -0.1) is 35.9 Å². The molecule has 0 spiro atoms. The molecule has 0 fully saturated rings. The average molecular weight is 407 g/mol. The molecule has 3 nitrogen and oxygen atoms in total. The normalized spacial score (nSPS) is 10.3. The van der Waals surface area contributed by atoms with Crippen LogP contribution in [0, 0.1) is 6.07 Å². The first-order chi connectivity index (χ1) is 11.1. The topological polar surface area (TPSA) is 50.2 Å². The van der Waals surface area contributed by atoms with E-state index in [0.717, 1.165) is 16.8 Å². The summed E-state index contributed by atoms with van der Waals surface area (Å²) in [4.78, 5) is 14.6. The van der Waals surface area contributed by atoms with Crippen LogP contribution >= 0.6 is 0 Å². The van der Waals surface area contributed by atoms with Crippen LogP contribution in [0.3, 0.4) is 0 Å². The van der Waals surface area contributed by atoms with Crippen molar-refractivity contribution >= 4 is 16.7 Å². The summed E-state index contributed by atoms with van der Waals surface area (Å²) in [6.45, 7) is 2.85. The number of aromatic nitrogens is 1. The van der Waals surface area contributed by atoms with Gasteiger partial charge in [0.25, 0.3) is 0 Å². The van der Waals surface area contributed by atoms with Gasteiger partial charge in [0, 0.05) is 25.6 Å². The number of carbonyl (C=O) groups excluding carboxylic acids is 1. The van der Waals surface area contributed by atoms with Crippen LogP contribution in [-0.2, 0) is 24.3 Å². The maximum absolute atomic E-state index is 10.0. The first-order valence-electron chi connectivity index (χ1n) is 7.27.